The summed E-state index contributed by atoms with van der Waals surface area (Å²) in [5.41, 5.74) is 4.68. The summed E-state index contributed by atoms with van der Waals surface area (Å²) in [7, 11) is 1.17. The van der Waals surface area contributed by atoms with Gasteiger partial charge >= 0.3 is 12.1 Å². The lowest BCUT2D eigenvalue weighted by atomic mass is 10.2. The second-order valence-corrected chi connectivity index (χ2v) is 2.59. The van der Waals surface area contributed by atoms with Crippen LogP contribution in [0.3, 0.4) is 0 Å². The van der Waals surface area contributed by atoms with Crippen LogP contribution in [-0.4, -0.2) is 24.3 Å². The minimum absolute atomic E-state index is 0.0562. The number of esters is 1. The van der Waals surface area contributed by atoms with E-state index >= 15 is 0 Å². The highest BCUT2D eigenvalue weighted by molar-refractivity contribution is 5.92. The van der Waals surface area contributed by atoms with Crippen LogP contribution in [0.1, 0.15) is 10.4 Å². The van der Waals surface area contributed by atoms with Crippen LogP contribution in [0.5, 0.6) is 11.5 Å². The number of amides is 1. The standard InChI is InChI=1S/C9H9NO5/c1-14-8(12)6-4-5(15-9(10)13)2-3-7(6)11/h2-4,11H,1H3,(H2,10,13). The van der Waals surface area contributed by atoms with Crippen LogP contribution < -0.4 is 10.5 Å². The molecule has 1 aromatic rings. The molecule has 1 aromatic carbocycles. The normalized spacial score (nSPS) is 9.40. The van der Waals surface area contributed by atoms with Crippen LogP contribution >= 0.6 is 0 Å². The van der Waals surface area contributed by atoms with Gasteiger partial charge in [0.25, 0.3) is 0 Å². The van der Waals surface area contributed by atoms with Crippen molar-refractivity contribution in [3.8, 4) is 11.5 Å². The molecule has 3 N–H and O–H groups in total. The quantitative estimate of drug-likeness (QED) is 0.699. The molecular weight excluding hydrogens is 202 g/mol. The average molecular weight is 211 g/mol. The third kappa shape index (κ3) is 2.60. The van der Waals surface area contributed by atoms with E-state index in [-0.39, 0.29) is 17.1 Å². The number of hydrogen-bond donors (Lipinski definition) is 2. The van der Waals surface area contributed by atoms with Crippen molar-refractivity contribution in [1.82, 2.24) is 0 Å². The number of benzene rings is 1. The molecule has 0 radical (unpaired) electrons. The maximum absolute atomic E-state index is 11.1. The van der Waals surface area contributed by atoms with Gasteiger partial charge in [0.1, 0.15) is 17.1 Å². The first kappa shape index (κ1) is 10.8. The number of aromatic hydroxyl groups is 1. The van der Waals surface area contributed by atoms with Crippen molar-refractivity contribution in [2.45, 2.75) is 0 Å². The van der Waals surface area contributed by atoms with E-state index in [1.807, 2.05) is 0 Å². The van der Waals surface area contributed by atoms with Gasteiger partial charge in [-0.15, -0.1) is 0 Å². The highest BCUT2D eigenvalue weighted by atomic mass is 16.5. The van der Waals surface area contributed by atoms with Crippen molar-refractivity contribution in [2.24, 2.45) is 5.73 Å². The second-order valence-electron chi connectivity index (χ2n) is 2.59. The highest BCUT2D eigenvalue weighted by Crippen LogP contribution is 2.23. The van der Waals surface area contributed by atoms with E-state index in [9.17, 15) is 14.7 Å². The molecule has 0 saturated heterocycles. The number of nitrogens with two attached hydrogens (primary N) is 1. The Kier molecular flexibility index (Phi) is 3.12. The SMILES string of the molecule is COC(=O)c1cc(OC(N)=O)ccc1O. The molecule has 0 unspecified atom stereocenters. The van der Waals surface area contributed by atoms with Crippen molar-refractivity contribution in [1.29, 1.82) is 0 Å². The Labute approximate surface area is 85.2 Å². The Bertz CT molecular complexity index is 401. The predicted octanol–water partition coefficient (Wildman–Crippen LogP) is 0.636. The van der Waals surface area contributed by atoms with Crippen LogP contribution in [0.25, 0.3) is 0 Å². The maximum atomic E-state index is 11.1. The average Bonchev–Trinajstić information content (AvgIpc) is 2.19. The molecule has 15 heavy (non-hydrogen) atoms. The third-order valence-corrected chi connectivity index (χ3v) is 1.59. The van der Waals surface area contributed by atoms with Gasteiger partial charge in [-0.25, -0.2) is 9.59 Å². The lowest BCUT2D eigenvalue weighted by molar-refractivity contribution is 0.0597. The number of rotatable bonds is 2. The number of hydrogen-bond acceptors (Lipinski definition) is 5. The van der Waals surface area contributed by atoms with Crippen LogP contribution in [-0.2, 0) is 4.74 Å². The fourth-order valence-electron chi connectivity index (χ4n) is 0.968. The van der Waals surface area contributed by atoms with E-state index < -0.39 is 12.1 Å². The number of phenolic OH excluding ortho intramolecular Hbond substituents is 1. The molecule has 0 spiro atoms. The largest absolute Gasteiger partial charge is 0.507 e. The molecule has 80 valence electrons. The van der Waals surface area contributed by atoms with Gasteiger partial charge in [-0.05, 0) is 18.2 Å². The number of primary amides is 1. The molecule has 1 amide bonds. The smallest absolute Gasteiger partial charge is 0.409 e. The van der Waals surface area contributed by atoms with Gasteiger partial charge in [0.15, 0.2) is 0 Å². The molecule has 0 bridgehead atoms. The number of carbonyl (C=O) groups excluding carboxylic acids is 2. The number of phenols is 1. The zero-order valence-corrected chi connectivity index (χ0v) is 7.89. The van der Waals surface area contributed by atoms with Crippen LogP contribution in [0, 0.1) is 0 Å². The maximum Gasteiger partial charge on any atom is 0.409 e. The van der Waals surface area contributed by atoms with Gasteiger partial charge in [0, 0.05) is 0 Å². The lowest BCUT2D eigenvalue weighted by Crippen LogP contribution is -2.16. The van der Waals surface area contributed by atoms with E-state index in [2.05, 4.69) is 9.47 Å². The number of carbonyl (C=O) groups is 2. The molecule has 0 aromatic heterocycles. The van der Waals surface area contributed by atoms with Crippen molar-refractivity contribution in [3.63, 3.8) is 0 Å². The first-order valence-electron chi connectivity index (χ1n) is 3.93. The molecule has 0 atom stereocenters. The Morgan fingerprint density at radius 3 is 2.60 bits per heavy atom. The van der Waals surface area contributed by atoms with Gasteiger partial charge < -0.3 is 20.3 Å². The number of ether oxygens (including phenoxy) is 2. The Balaban J connectivity index is 3.05. The third-order valence-electron chi connectivity index (χ3n) is 1.59. The van der Waals surface area contributed by atoms with Crippen LogP contribution in [0.2, 0.25) is 0 Å². The minimum Gasteiger partial charge on any atom is -0.507 e. The summed E-state index contributed by atoms with van der Waals surface area (Å²) in [6.07, 6.45) is -1.00. The molecule has 0 aliphatic carbocycles. The molecular formula is C9H9NO5. The van der Waals surface area contributed by atoms with Crippen molar-refractivity contribution < 1.29 is 24.2 Å². The molecule has 1 rings (SSSR count). The summed E-state index contributed by atoms with van der Waals surface area (Å²) < 4.78 is 8.93. The number of methoxy groups -OCH3 is 1. The summed E-state index contributed by atoms with van der Waals surface area (Å²) >= 11 is 0. The van der Waals surface area contributed by atoms with Crippen molar-refractivity contribution in [3.05, 3.63) is 23.8 Å². The van der Waals surface area contributed by atoms with E-state index in [0.29, 0.717) is 0 Å². The molecule has 6 heteroatoms. The Morgan fingerprint density at radius 1 is 1.40 bits per heavy atom. The Morgan fingerprint density at radius 2 is 2.07 bits per heavy atom. The van der Waals surface area contributed by atoms with E-state index in [1.165, 1.54) is 19.2 Å². The summed E-state index contributed by atoms with van der Waals surface area (Å²) in [6, 6.07) is 3.66. The molecule has 0 fully saturated rings. The molecule has 0 heterocycles. The molecule has 6 nitrogen and oxygen atoms in total. The second kappa shape index (κ2) is 4.32. The highest BCUT2D eigenvalue weighted by Gasteiger charge is 2.13. The Hall–Kier alpha value is -2.24. The van der Waals surface area contributed by atoms with Crippen LogP contribution in [0.4, 0.5) is 4.79 Å². The fourth-order valence-corrected chi connectivity index (χ4v) is 0.968. The van der Waals surface area contributed by atoms with Crippen LogP contribution in [0.15, 0.2) is 18.2 Å². The molecule has 0 aliphatic heterocycles. The first-order chi connectivity index (χ1) is 7.04. The minimum atomic E-state index is -1.00. The fraction of sp³-hybridized carbons (Fsp3) is 0.111. The zero-order valence-electron chi connectivity index (χ0n) is 7.89. The monoisotopic (exact) mass is 211 g/mol. The van der Waals surface area contributed by atoms with Gasteiger partial charge in [0.05, 0.1) is 7.11 Å². The van der Waals surface area contributed by atoms with Gasteiger partial charge in [-0.3, -0.25) is 0 Å². The van der Waals surface area contributed by atoms with Gasteiger partial charge in [0.2, 0.25) is 0 Å². The summed E-state index contributed by atoms with van der Waals surface area (Å²) in [6.45, 7) is 0. The lowest BCUT2D eigenvalue weighted by Gasteiger charge is -2.05. The van der Waals surface area contributed by atoms with E-state index in [1.54, 1.807) is 0 Å². The van der Waals surface area contributed by atoms with Gasteiger partial charge in [-0.2, -0.15) is 0 Å². The summed E-state index contributed by atoms with van der Waals surface area (Å²) in [5.74, 6) is -0.943. The first-order valence-corrected chi connectivity index (χ1v) is 3.93. The van der Waals surface area contributed by atoms with Crippen molar-refractivity contribution >= 4 is 12.1 Å². The molecule has 0 aliphatic rings. The molecule has 0 saturated carbocycles. The zero-order chi connectivity index (χ0) is 11.4. The van der Waals surface area contributed by atoms with Crippen molar-refractivity contribution in [2.75, 3.05) is 7.11 Å². The summed E-state index contributed by atoms with van der Waals surface area (Å²) in [5, 5.41) is 9.30. The predicted molar refractivity (Wildman–Crippen MR) is 49.7 cm³/mol. The van der Waals surface area contributed by atoms with Gasteiger partial charge in [-0.1, -0.05) is 0 Å². The summed E-state index contributed by atoms with van der Waals surface area (Å²) in [4.78, 5) is 21.5. The van der Waals surface area contributed by atoms with E-state index in [4.69, 9.17) is 5.73 Å². The van der Waals surface area contributed by atoms with E-state index in [0.717, 1.165) is 6.07 Å². The topological polar surface area (TPSA) is 98.9 Å².